The number of allylic oxidation sites excluding steroid dienone is 3. The number of aromatic amines is 1. The number of H-pyrrole nitrogens is 1. The number of morpholine rings is 1. The Balaban J connectivity index is 1.48. The zero-order valence-electron chi connectivity index (χ0n) is 18.7. The molecule has 0 unspecified atom stereocenters. The van der Waals surface area contributed by atoms with Crippen LogP contribution in [0.25, 0.3) is 11.6 Å². The molecule has 0 aromatic carbocycles. The zero-order chi connectivity index (χ0) is 24.3. The lowest BCUT2D eigenvalue weighted by Gasteiger charge is -2.27. The summed E-state index contributed by atoms with van der Waals surface area (Å²) in [5.74, 6) is 0.880. The number of fused-ring (bicyclic) bond motifs is 1. The molecule has 0 radical (unpaired) electrons. The van der Waals surface area contributed by atoms with Gasteiger partial charge in [-0.2, -0.15) is 28.1 Å². The first kappa shape index (κ1) is 23.0. The van der Waals surface area contributed by atoms with Crippen molar-refractivity contribution < 1.29 is 17.9 Å². The summed E-state index contributed by atoms with van der Waals surface area (Å²) in [6, 6.07) is 3.83. The highest BCUT2D eigenvalue weighted by Gasteiger charge is 2.34. The smallest absolute Gasteiger partial charge is 0.378 e. The summed E-state index contributed by atoms with van der Waals surface area (Å²) in [5.41, 5.74) is 1.37. The Labute approximate surface area is 199 Å². The molecule has 35 heavy (non-hydrogen) atoms. The Morgan fingerprint density at radius 1 is 1.11 bits per heavy atom. The Morgan fingerprint density at radius 2 is 1.97 bits per heavy atom. The van der Waals surface area contributed by atoms with Crippen LogP contribution in [0.1, 0.15) is 22.8 Å². The van der Waals surface area contributed by atoms with Crippen LogP contribution in [0, 0.1) is 0 Å². The normalized spacial score (nSPS) is 16.3. The quantitative estimate of drug-likeness (QED) is 0.550. The number of halogens is 3. The molecule has 12 heteroatoms. The molecule has 0 amide bonds. The maximum atomic E-state index is 13.7. The first-order valence-electron chi connectivity index (χ1n) is 11.2. The van der Waals surface area contributed by atoms with Gasteiger partial charge in [-0.05, 0) is 30.2 Å². The number of alkyl halides is 3. The summed E-state index contributed by atoms with van der Waals surface area (Å²) in [7, 11) is 0. The van der Waals surface area contributed by atoms with Gasteiger partial charge in [-0.25, -0.2) is 4.98 Å². The van der Waals surface area contributed by atoms with E-state index in [4.69, 9.17) is 4.74 Å². The van der Waals surface area contributed by atoms with E-state index in [1.165, 1.54) is 6.33 Å². The minimum atomic E-state index is -4.54. The highest BCUT2D eigenvalue weighted by Crippen LogP contribution is 2.34. The molecular weight excluding hydrogens is 461 g/mol. The highest BCUT2D eigenvalue weighted by atomic mass is 19.4. The van der Waals surface area contributed by atoms with Crippen LogP contribution in [-0.4, -0.2) is 68.9 Å². The van der Waals surface area contributed by atoms with Crippen LogP contribution in [0.2, 0.25) is 0 Å². The molecule has 1 aliphatic carbocycles. The second kappa shape index (κ2) is 9.82. The van der Waals surface area contributed by atoms with Gasteiger partial charge < -0.3 is 19.9 Å². The lowest BCUT2D eigenvalue weighted by Crippen LogP contribution is -2.37. The van der Waals surface area contributed by atoms with Crippen LogP contribution in [0.5, 0.6) is 0 Å². The van der Waals surface area contributed by atoms with Gasteiger partial charge in [0.1, 0.15) is 0 Å². The van der Waals surface area contributed by atoms with Crippen molar-refractivity contribution in [3.63, 3.8) is 0 Å². The second-order valence-electron chi connectivity index (χ2n) is 8.13. The Kier molecular flexibility index (Phi) is 6.45. The molecule has 0 saturated carbocycles. The number of nitrogens with one attached hydrogen (secondary N) is 2. The van der Waals surface area contributed by atoms with E-state index in [2.05, 4.69) is 35.2 Å². The van der Waals surface area contributed by atoms with Crippen LogP contribution in [0.3, 0.4) is 0 Å². The van der Waals surface area contributed by atoms with Crippen molar-refractivity contribution >= 4 is 23.5 Å². The Bertz CT molecular complexity index is 1230. The van der Waals surface area contributed by atoms with Crippen molar-refractivity contribution in [1.82, 2.24) is 29.9 Å². The van der Waals surface area contributed by atoms with Gasteiger partial charge in [-0.15, -0.1) is 0 Å². The zero-order valence-corrected chi connectivity index (χ0v) is 18.7. The van der Waals surface area contributed by atoms with Crippen LogP contribution in [-0.2, 0) is 17.6 Å². The minimum absolute atomic E-state index is 0.174. The van der Waals surface area contributed by atoms with E-state index in [0.717, 1.165) is 17.7 Å². The molecular formula is C23H23F3N8O. The lowest BCUT2D eigenvalue weighted by molar-refractivity contribution is -0.0872. The summed E-state index contributed by atoms with van der Waals surface area (Å²) in [5, 5.41) is 3.19. The van der Waals surface area contributed by atoms with Gasteiger partial charge in [0.25, 0.3) is 0 Å². The number of rotatable bonds is 6. The molecule has 1 fully saturated rings. The third kappa shape index (κ3) is 5.48. The molecule has 4 heterocycles. The van der Waals surface area contributed by atoms with Crippen molar-refractivity contribution in [3.05, 3.63) is 65.3 Å². The average molecular weight is 484 g/mol. The molecule has 0 atom stereocenters. The monoisotopic (exact) mass is 484 g/mol. The number of ether oxygens (including phenoxy) is 1. The number of hydrogen-bond acceptors (Lipinski definition) is 8. The van der Waals surface area contributed by atoms with Crippen molar-refractivity contribution in [3.8, 4) is 0 Å². The van der Waals surface area contributed by atoms with Crippen molar-refractivity contribution in [2.45, 2.75) is 19.0 Å². The number of imidazole rings is 1. The molecule has 1 aliphatic heterocycles. The van der Waals surface area contributed by atoms with Crippen molar-refractivity contribution in [2.75, 3.05) is 43.1 Å². The van der Waals surface area contributed by atoms with Crippen LogP contribution < -0.4 is 10.2 Å². The maximum Gasteiger partial charge on any atom is 0.416 e. The Hall–Kier alpha value is -3.80. The van der Waals surface area contributed by atoms with Crippen LogP contribution in [0.15, 0.2) is 42.5 Å². The largest absolute Gasteiger partial charge is 0.416 e. The third-order valence-corrected chi connectivity index (χ3v) is 5.69. The number of nitrogens with zero attached hydrogens (tertiary/aromatic N) is 6. The second-order valence-corrected chi connectivity index (χ2v) is 8.13. The topological polar surface area (TPSA) is 105 Å². The van der Waals surface area contributed by atoms with Crippen LogP contribution in [0.4, 0.5) is 25.1 Å². The van der Waals surface area contributed by atoms with E-state index < -0.39 is 11.7 Å². The van der Waals surface area contributed by atoms with E-state index in [1.54, 1.807) is 12.4 Å². The maximum absolute atomic E-state index is 13.7. The SMILES string of the molecule is FC(F)(F)C1=Cc2nc[nH]c2CC(c2nc(NCCc3cccnc3)nc(N3CCOCC3)n2)=C1. The van der Waals surface area contributed by atoms with E-state index in [-0.39, 0.29) is 17.9 Å². The van der Waals surface area contributed by atoms with Crippen molar-refractivity contribution in [1.29, 1.82) is 0 Å². The van der Waals surface area contributed by atoms with Gasteiger partial charge >= 0.3 is 6.18 Å². The molecule has 9 nitrogen and oxygen atoms in total. The minimum Gasteiger partial charge on any atom is -0.378 e. The number of hydrogen-bond donors (Lipinski definition) is 2. The van der Waals surface area contributed by atoms with E-state index in [0.29, 0.717) is 62.4 Å². The van der Waals surface area contributed by atoms with Crippen LogP contribution >= 0.6 is 0 Å². The highest BCUT2D eigenvalue weighted by molar-refractivity contribution is 5.74. The van der Waals surface area contributed by atoms with Gasteiger partial charge in [0.05, 0.1) is 30.8 Å². The van der Waals surface area contributed by atoms with E-state index in [9.17, 15) is 13.2 Å². The van der Waals surface area contributed by atoms with Gasteiger partial charge in [-0.3, -0.25) is 4.98 Å². The first-order valence-corrected chi connectivity index (χ1v) is 11.2. The van der Waals surface area contributed by atoms with Gasteiger partial charge in [0.15, 0.2) is 5.82 Å². The molecule has 3 aromatic rings. The molecule has 3 aromatic heterocycles. The molecule has 0 bridgehead atoms. The summed E-state index contributed by atoms with van der Waals surface area (Å²) in [6.45, 7) is 2.72. The number of aromatic nitrogens is 6. The lowest BCUT2D eigenvalue weighted by atomic mass is 10.1. The fourth-order valence-corrected chi connectivity index (χ4v) is 3.88. The molecule has 5 rings (SSSR count). The Morgan fingerprint density at radius 3 is 2.74 bits per heavy atom. The van der Waals surface area contributed by atoms with E-state index in [1.807, 2.05) is 17.0 Å². The predicted octanol–water partition coefficient (Wildman–Crippen LogP) is 3.07. The average Bonchev–Trinajstić information content (AvgIpc) is 3.21. The molecule has 0 spiro atoms. The number of anilines is 2. The standard InChI is InChI=1S/C23H23F3N8O/c24-23(25,26)17-10-16(11-18-19(12-17)30-14-29-18)20-31-21(28-5-3-15-2-1-4-27-13-15)33-22(32-20)34-6-8-35-9-7-34/h1-2,4,10,12-14H,3,5-9,11H2,(H,29,30)(H,28,31,32,33). The van der Waals surface area contributed by atoms with Gasteiger partial charge in [-0.1, -0.05) is 6.07 Å². The molecule has 1 saturated heterocycles. The van der Waals surface area contributed by atoms with Gasteiger partial charge in [0, 0.05) is 49.7 Å². The summed E-state index contributed by atoms with van der Waals surface area (Å²) in [6.07, 6.45) is 3.31. The summed E-state index contributed by atoms with van der Waals surface area (Å²) in [4.78, 5) is 26.6. The van der Waals surface area contributed by atoms with Crippen molar-refractivity contribution in [2.24, 2.45) is 0 Å². The first-order chi connectivity index (χ1) is 17.0. The number of pyridine rings is 1. The predicted molar refractivity (Wildman–Crippen MR) is 124 cm³/mol. The molecule has 182 valence electrons. The molecule has 2 N–H and O–H groups in total. The van der Waals surface area contributed by atoms with E-state index >= 15 is 0 Å². The third-order valence-electron chi connectivity index (χ3n) is 5.69. The fourth-order valence-electron chi connectivity index (χ4n) is 3.88. The van der Waals surface area contributed by atoms with Gasteiger partial charge in [0.2, 0.25) is 11.9 Å². The fraction of sp³-hybridized carbons (Fsp3) is 0.348. The molecule has 2 aliphatic rings. The summed E-state index contributed by atoms with van der Waals surface area (Å²) >= 11 is 0. The summed E-state index contributed by atoms with van der Waals surface area (Å²) < 4.78 is 46.7.